The summed E-state index contributed by atoms with van der Waals surface area (Å²) in [5, 5.41) is 9.74. The van der Waals surface area contributed by atoms with Crippen molar-refractivity contribution in [1.82, 2.24) is 0 Å². The van der Waals surface area contributed by atoms with Crippen molar-refractivity contribution < 1.29 is 32.5 Å². The summed E-state index contributed by atoms with van der Waals surface area (Å²) in [5.74, 6) is -0.350. The number of alkyl halides is 3. The van der Waals surface area contributed by atoms with E-state index in [1.54, 1.807) is 13.0 Å². The smallest absolute Gasteiger partial charge is 0.411 e. The maximum atomic E-state index is 12.8. The number of aryl methyl sites for hydroxylation is 2. The van der Waals surface area contributed by atoms with Crippen LogP contribution in [0.1, 0.15) is 53.5 Å². The van der Waals surface area contributed by atoms with Gasteiger partial charge in [-0.3, -0.25) is 0 Å². The van der Waals surface area contributed by atoms with Crippen LogP contribution in [-0.4, -0.2) is 30.5 Å². The maximum absolute atomic E-state index is 12.8. The molecule has 1 N–H and O–H groups in total. The topological polar surface area (TPSA) is 55.8 Å². The number of aliphatic carboxylic acids is 1. The van der Waals surface area contributed by atoms with E-state index in [9.17, 15) is 23.1 Å². The third kappa shape index (κ3) is 4.31. The summed E-state index contributed by atoms with van der Waals surface area (Å²) in [6, 6.07) is 9.43. The van der Waals surface area contributed by atoms with E-state index in [0.717, 1.165) is 48.1 Å². The molecule has 0 spiro atoms. The Morgan fingerprint density at radius 2 is 2.03 bits per heavy atom. The first-order chi connectivity index (χ1) is 14.2. The second-order valence-electron chi connectivity index (χ2n) is 7.95. The molecule has 0 radical (unpaired) electrons. The molecule has 1 heterocycles. The highest BCUT2D eigenvalue weighted by Gasteiger charge is 2.36. The predicted molar refractivity (Wildman–Crippen MR) is 105 cm³/mol. The molecule has 30 heavy (non-hydrogen) atoms. The van der Waals surface area contributed by atoms with Gasteiger partial charge >= 0.3 is 12.1 Å². The van der Waals surface area contributed by atoms with Crippen molar-refractivity contribution in [2.24, 2.45) is 0 Å². The molecule has 2 aromatic rings. The van der Waals surface area contributed by atoms with E-state index in [-0.39, 0.29) is 5.92 Å². The first-order valence-corrected chi connectivity index (χ1v) is 10.1. The highest BCUT2D eigenvalue weighted by Crippen LogP contribution is 2.48. The number of fused-ring (bicyclic) bond motifs is 1. The summed E-state index contributed by atoms with van der Waals surface area (Å²) in [6.45, 7) is 0.750. The van der Waals surface area contributed by atoms with Gasteiger partial charge in [-0.15, -0.1) is 0 Å². The Balaban J connectivity index is 1.86. The summed E-state index contributed by atoms with van der Waals surface area (Å²) in [7, 11) is 0. The Kier molecular flexibility index (Phi) is 5.49. The summed E-state index contributed by atoms with van der Waals surface area (Å²) >= 11 is 0. The van der Waals surface area contributed by atoms with Gasteiger partial charge in [-0.1, -0.05) is 18.2 Å². The van der Waals surface area contributed by atoms with E-state index >= 15 is 0 Å². The summed E-state index contributed by atoms with van der Waals surface area (Å²) in [6.07, 6.45) is -2.63. The molecular formula is C23H23F3O4. The lowest BCUT2D eigenvalue weighted by molar-refractivity contribution is -0.193. The maximum Gasteiger partial charge on any atom is 0.411 e. The highest BCUT2D eigenvalue weighted by molar-refractivity contribution is 5.83. The van der Waals surface area contributed by atoms with Crippen molar-refractivity contribution in [3.05, 3.63) is 52.6 Å². The molecular weight excluding hydrogens is 397 g/mol. The monoisotopic (exact) mass is 420 g/mol. The molecule has 0 bridgehead atoms. The molecule has 2 aromatic carbocycles. The standard InChI is InChI=1S/C23H23F3O4/c1-13-4-8-17(14-5-6-14)20(16-7-9-18-15(11-16)3-2-10-29-18)19(13)21(22(27)28)30-12-23(24,25)26/h4,7-9,11,14,21H,2-3,5-6,10,12H2,1H3,(H,27,28). The molecule has 0 aromatic heterocycles. The minimum absolute atomic E-state index is 0.281. The first kappa shape index (κ1) is 20.7. The van der Waals surface area contributed by atoms with Gasteiger partial charge in [-0.25, -0.2) is 4.79 Å². The third-order valence-electron chi connectivity index (χ3n) is 5.61. The quantitative estimate of drug-likeness (QED) is 0.664. The Bertz CT molecular complexity index is 964. The molecule has 2 aliphatic rings. The molecule has 0 amide bonds. The van der Waals surface area contributed by atoms with Crippen LogP contribution >= 0.6 is 0 Å². The molecule has 7 heteroatoms. The molecule has 1 fully saturated rings. The predicted octanol–water partition coefficient (Wildman–Crippen LogP) is 5.57. The Labute approximate surface area is 172 Å². The van der Waals surface area contributed by atoms with E-state index in [1.807, 2.05) is 24.3 Å². The van der Waals surface area contributed by atoms with Crippen LogP contribution in [0.4, 0.5) is 13.2 Å². The fraction of sp³-hybridized carbons (Fsp3) is 0.435. The van der Waals surface area contributed by atoms with Crippen LogP contribution in [-0.2, 0) is 16.0 Å². The highest BCUT2D eigenvalue weighted by atomic mass is 19.4. The third-order valence-corrected chi connectivity index (χ3v) is 5.61. The first-order valence-electron chi connectivity index (χ1n) is 10.1. The zero-order valence-corrected chi connectivity index (χ0v) is 16.6. The lowest BCUT2D eigenvalue weighted by Crippen LogP contribution is -2.25. The SMILES string of the molecule is Cc1ccc(C2CC2)c(-c2ccc3c(c2)CCCO3)c1C(OCC(F)(F)F)C(=O)O. The number of benzene rings is 2. The molecule has 1 atom stereocenters. The van der Waals surface area contributed by atoms with Crippen LogP contribution in [0.5, 0.6) is 5.75 Å². The summed E-state index contributed by atoms with van der Waals surface area (Å²) in [5.41, 5.74) is 4.36. The lowest BCUT2D eigenvalue weighted by atomic mass is 9.85. The second-order valence-corrected chi connectivity index (χ2v) is 7.95. The fourth-order valence-electron chi connectivity index (χ4n) is 4.11. The number of rotatable bonds is 6. The van der Waals surface area contributed by atoms with E-state index in [2.05, 4.69) is 0 Å². The minimum Gasteiger partial charge on any atom is -0.493 e. The van der Waals surface area contributed by atoms with Gasteiger partial charge in [-0.2, -0.15) is 13.2 Å². The van der Waals surface area contributed by atoms with Gasteiger partial charge in [0.05, 0.1) is 6.61 Å². The normalized spacial score (nSPS) is 17.2. The van der Waals surface area contributed by atoms with Crippen LogP contribution in [0.3, 0.4) is 0 Å². The largest absolute Gasteiger partial charge is 0.493 e. The number of hydrogen-bond acceptors (Lipinski definition) is 3. The lowest BCUT2D eigenvalue weighted by Gasteiger charge is -2.25. The van der Waals surface area contributed by atoms with Gasteiger partial charge in [0, 0.05) is 5.56 Å². The molecule has 1 aliphatic carbocycles. The second kappa shape index (κ2) is 7.95. The summed E-state index contributed by atoms with van der Waals surface area (Å²) < 4.78 is 49.0. The molecule has 1 aliphatic heterocycles. The average Bonchev–Trinajstić information content (AvgIpc) is 3.52. The van der Waals surface area contributed by atoms with E-state index in [0.29, 0.717) is 23.3 Å². The van der Waals surface area contributed by atoms with Gasteiger partial charge in [0.15, 0.2) is 6.10 Å². The van der Waals surface area contributed by atoms with Gasteiger partial charge in [-0.05, 0) is 78.5 Å². The Hall–Kier alpha value is -2.54. The zero-order valence-electron chi connectivity index (χ0n) is 16.6. The van der Waals surface area contributed by atoms with Crippen LogP contribution in [0, 0.1) is 6.92 Å². The molecule has 160 valence electrons. The molecule has 0 saturated heterocycles. The number of halogens is 3. The van der Waals surface area contributed by atoms with E-state index in [4.69, 9.17) is 9.47 Å². The number of carboxylic acids is 1. The van der Waals surface area contributed by atoms with Crippen LogP contribution < -0.4 is 4.74 Å². The molecule has 4 rings (SSSR count). The van der Waals surface area contributed by atoms with Gasteiger partial charge < -0.3 is 14.6 Å². The Morgan fingerprint density at radius 3 is 2.70 bits per heavy atom. The van der Waals surface area contributed by atoms with E-state index < -0.39 is 24.9 Å². The van der Waals surface area contributed by atoms with Crippen molar-refractivity contribution >= 4 is 5.97 Å². The Morgan fingerprint density at radius 1 is 1.27 bits per heavy atom. The van der Waals surface area contributed by atoms with Gasteiger partial charge in [0.2, 0.25) is 0 Å². The van der Waals surface area contributed by atoms with E-state index in [1.165, 1.54) is 0 Å². The fourth-order valence-corrected chi connectivity index (χ4v) is 4.11. The van der Waals surface area contributed by atoms with Crippen molar-refractivity contribution in [1.29, 1.82) is 0 Å². The zero-order chi connectivity index (χ0) is 21.5. The van der Waals surface area contributed by atoms with Gasteiger partial charge in [0.1, 0.15) is 12.4 Å². The van der Waals surface area contributed by atoms with Crippen LogP contribution in [0.2, 0.25) is 0 Å². The van der Waals surface area contributed by atoms with Crippen molar-refractivity contribution in [2.45, 2.75) is 50.8 Å². The van der Waals surface area contributed by atoms with Crippen molar-refractivity contribution in [2.75, 3.05) is 13.2 Å². The molecule has 1 saturated carbocycles. The van der Waals surface area contributed by atoms with Crippen LogP contribution in [0.15, 0.2) is 30.3 Å². The van der Waals surface area contributed by atoms with Crippen molar-refractivity contribution in [3.63, 3.8) is 0 Å². The number of carboxylic acid groups (broad SMARTS) is 1. The average molecular weight is 420 g/mol. The molecule has 4 nitrogen and oxygen atoms in total. The minimum atomic E-state index is -4.61. The summed E-state index contributed by atoms with van der Waals surface area (Å²) in [4.78, 5) is 12.0. The number of carbonyl (C=O) groups is 1. The van der Waals surface area contributed by atoms with Crippen molar-refractivity contribution in [3.8, 4) is 16.9 Å². The van der Waals surface area contributed by atoms with Gasteiger partial charge in [0.25, 0.3) is 0 Å². The van der Waals surface area contributed by atoms with Crippen LogP contribution in [0.25, 0.3) is 11.1 Å². The molecule has 1 unspecified atom stereocenters. The number of hydrogen-bond donors (Lipinski definition) is 1. The number of ether oxygens (including phenoxy) is 2.